The number of fused-ring (bicyclic) bond motifs is 6. The Morgan fingerprint density at radius 2 is 1.86 bits per heavy atom. The maximum absolute atomic E-state index is 13.7. The molecule has 4 bridgehead atoms. The van der Waals surface area contributed by atoms with Crippen LogP contribution in [0.15, 0.2) is 67.0 Å². The topological polar surface area (TPSA) is 133 Å². The van der Waals surface area contributed by atoms with Crippen LogP contribution in [0.2, 0.25) is 0 Å². The van der Waals surface area contributed by atoms with E-state index in [1.165, 1.54) is 36.3 Å². The highest BCUT2D eigenvalue weighted by molar-refractivity contribution is 5.95. The van der Waals surface area contributed by atoms with E-state index in [1.807, 2.05) is 18.2 Å². The number of rotatable bonds is 2. The lowest BCUT2D eigenvalue weighted by Crippen LogP contribution is -2.50. The lowest BCUT2D eigenvalue weighted by molar-refractivity contribution is -0.133. The molecule has 3 heterocycles. The summed E-state index contributed by atoms with van der Waals surface area (Å²) in [6.07, 6.45) is 3.51. The molecular formula is C30H31FN6O5. The molecule has 218 valence electrons. The van der Waals surface area contributed by atoms with Gasteiger partial charge in [-0.2, -0.15) is 0 Å². The third-order valence-corrected chi connectivity index (χ3v) is 7.26. The molecule has 0 saturated carbocycles. The second-order valence-corrected chi connectivity index (χ2v) is 10.2. The molecule has 5 amide bonds. The van der Waals surface area contributed by atoms with Gasteiger partial charge in [-0.25, -0.2) is 9.18 Å². The molecule has 0 aliphatic carbocycles. The molecule has 0 unspecified atom stereocenters. The highest BCUT2D eigenvalue weighted by atomic mass is 19.1. The fourth-order valence-electron chi connectivity index (χ4n) is 5.13. The van der Waals surface area contributed by atoms with Gasteiger partial charge in [0, 0.05) is 56.2 Å². The Morgan fingerprint density at radius 3 is 2.67 bits per heavy atom. The molecule has 2 aliphatic rings. The number of hydrogen-bond acceptors (Lipinski definition) is 6. The number of urea groups is 1. The second-order valence-electron chi connectivity index (χ2n) is 10.2. The summed E-state index contributed by atoms with van der Waals surface area (Å²) in [7, 11) is 1.46. The molecular weight excluding hydrogens is 543 g/mol. The molecule has 12 heteroatoms. The Balaban J connectivity index is 1.41. The number of aromatic nitrogens is 1. The normalized spacial score (nSPS) is 19.2. The Kier molecular flexibility index (Phi) is 8.60. The summed E-state index contributed by atoms with van der Waals surface area (Å²) >= 11 is 0. The zero-order valence-electron chi connectivity index (χ0n) is 23.0. The molecule has 0 radical (unpaired) electrons. The Labute approximate surface area is 242 Å². The minimum atomic E-state index is -0.521. The van der Waals surface area contributed by atoms with Crippen LogP contribution in [0.25, 0.3) is 11.1 Å². The van der Waals surface area contributed by atoms with E-state index in [1.54, 1.807) is 23.2 Å². The molecule has 42 heavy (non-hydrogen) atoms. The highest BCUT2D eigenvalue weighted by Gasteiger charge is 2.37. The van der Waals surface area contributed by atoms with Gasteiger partial charge < -0.3 is 30.5 Å². The quantitative estimate of drug-likeness (QED) is 0.429. The summed E-state index contributed by atoms with van der Waals surface area (Å²) in [4.78, 5) is 59.0. The summed E-state index contributed by atoms with van der Waals surface area (Å²) in [5.74, 6) is -1.12. The third-order valence-electron chi connectivity index (χ3n) is 7.26. The van der Waals surface area contributed by atoms with Gasteiger partial charge in [-0.15, -0.1) is 0 Å². The Morgan fingerprint density at radius 1 is 1.05 bits per heavy atom. The number of carbonyl (C=O) groups is 4. The lowest BCUT2D eigenvalue weighted by atomic mass is 10.1. The van der Waals surface area contributed by atoms with E-state index in [0.29, 0.717) is 17.7 Å². The number of hydrogen-bond donors (Lipinski definition) is 3. The van der Waals surface area contributed by atoms with Gasteiger partial charge in [0.05, 0.1) is 11.6 Å². The number of ether oxygens (including phenoxy) is 1. The standard InChI is InChI=1S/C30H31FN6O5/c1-32-30(41)36-9-8-34-28(39)22-10-21(14-33-15-22)19-4-3-7-26(12-19)42-18-25-13-24(16-37(25)27(38)17-36)35-29(40)20-5-2-6-23(31)11-20/h2-7,10-12,14-15,24-25H,8-9,13,16-18H2,1H3,(H,32,41)(H,34,39)(H,35,40)/t24-,25+/m1/s1. The van der Waals surface area contributed by atoms with Crippen LogP contribution in [0.4, 0.5) is 9.18 Å². The van der Waals surface area contributed by atoms with Crippen molar-refractivity contribution in [1.29, 1.82) is 0 Å². The van der Waals surface area contributed by atoms with Gasteiger partial charge >= 0.3 is 6.03 Å². The first-order chi connectivity index (χ1) is 20.3. The predicted molar refractivity (Wildman–Crippen MR) is 151 cm³/mol. The van der Waals surface area contributed by atoms with Crippen LogP contribution in [-0.2, 0) is 4.79 Å². The van der Waals surface area contributed by atoms with E-state index in [0.717, 1.165) is 17.2 Å². The number of amides is 5. The SMILES string of the molecule is CNC(=O)N1CCNC(=O)c2cncc(c2)-c2cccc(c2)OC[C@@H]2C[C@@H](NC(=O)c3cccc(F)c3)CN2C(=O)C1. The molecule has 2 aromatic carbocycles. The van der Waals surface area contributed by atoms with E-state index >= 15 is 0 Å². The van der Waals surface area contributed by atoms with Crippen LogP contribution in [0.1, 0.15) is 27.1 Å². The molecule has 0 spiro atoms. The maximum Gasteiger partial charge on any atom is 0.317 e. The number of halogens is 1. The van der Waals surface area contributed by atoms with Crippen molar-refractivity contribution in [2.75, 3.05) is 39.8 Å². The van der Waals surface area contributed by atoms with Crippen molar-refractivity contribution >= 4 is 23.8 Å². The lowest BCUT2D eigenvalue weighted by Gasteiger charge is -2.28. The van der Waals surface area contributed by atoms with Gasteiger partial charge in [0.15, 0.2) is 0 Å². The van der Waals surface area contributed by atoms with Crippen molar-refractivity contribution in [3.05, 3.63) is 83.9 Å². The zero-order chi connectivity index (χ0) is 29.6. The summed E-state index contributed by atoms with van der Waals surface area (Å²) in [6.45, 7) is 0.268. The maximum atomic E-state index is 13.7. The van der Waals surface area contributed by atoms with Crippen molar-refractivity contribution < 1.29 is 28.3 Å². The number of pyridine rings is 1. The van der Waals surface area contributed by atoms with Gasteiger partial charge in [0.1, 0.15) is 24.7 Å². The van der Waals surface area contributed by atoms with Gasteiger partial charge in [0.25, 0.3) is 11.8 Å². The average molecular weight is 575 g/mol. The van der Waals surface area contributed by atoms with Crippen LogP contribution in [-0.4, -0.2) is 90.5 Å². The molecule has 1 aromatic heterocycles. The third kappa shape index (κ3) is 6.65. The summed E-state index contributed by atoms with van der Waals surface area (Å²) < 4.78 is 19.8. The molecule has 2 atom stereocenters. The number of benzene rings is 2. The minimum Gasteiger partial charge on any atom is -0.491 e. The fraction of sp³-hybridized carbons (Fsp3) is 0.300. The van der Waals surface area contributed by atoms with Crippen LogP contribution in [0.3, 0.4) is 0 Å². The van der Waals surface area contributed by atoms with Crippen LogP contribution in [0, 0.1) is 5.82 Å². The summed E-state index contributed by atoms with van der Waals surface area (Å²) in [5, 5.41) is 8.22. The van der Waals surface area contributed by atoms with Crippen molar-refractivity contribution in [1.82, 2.24) is 30.7 Å². The van der Waals surface area contributed by atoms with Crippen LogP contribution >= 0.6 is 0 Å². The molecule has 5 rings (SSSR count). The smallest absolute Gasteiger partial charge is 0.317 e. The minimum absolute atomic E-state index is 0.0831. The van der Waals surface area contributed by atoms with E-state index < -0.39 is 29.8 Å². The number of carbonyl (C=O) groups excluding carboxylic acids is 4. The molecule has 3 aromatic rings. The van der Waals surface area contributed by atoms with Crippen molar-refractivity contribution in [2.45, 2.75) is 18.5 Å². The molecule has 11 nitrogen and oxygen atoms in total. The first kappa shape index (κ1) is 28.5. The van der Waals surface area contributed by atoms with Gasteiger partial charge in [0.2, 0.25) is 5.91 Å². The fourth-order valence-corrected chi connectivity index (χ4v) is 5.13. The van der Waals surface area contributed by atoms with E-state index in [-0.39, 0.29) is 50.2 Å². The van der Waals surface area contributed by atoms with E-state index in [2.05, 4.69) is 20.9 Å². The molecule has 3 N–H and O–H groups in total. The summed E-state index contributed by atoms with van der Waals surface area (Å²) in [5.41, 5.74) is 2.06. The Hall–Kier alpha value is -5.00. The average Bonchev–Trinajstić information content (AvgIpc) is 3.41. The second kappa shape index (κ2) is 12.7. The monoisotopic (exact) mass is 574 g/mol. The van der Waals surface area contributed by atoms with Crippen LogP contribution < -0.4 is 20.7 Å². The first-order valence-corrected chi connectivity index (χ1v) is 13.6. The van der Waals surface area contributed by atoms with Gasteiger partial charge in [-0.05, 0) is 48.4 Å². The zero-order valence-corrected chi connectivity index (χ0v) is 23.0. The first-order valence-electron chi connectivity index (χ1n) is 13.6. The van der Waals surface area contributed by atoms with E-state index in [4.69, 9.17) is 4.74 Å². The van der Waals surface area contributed by atoms with Crippen molar-refractivity contribution in [3.8, 4) is 16.9 Å². The van der Waals surface area contributed by atoms with Gasteiger partial charge in [-0.3, -0.25) is 19.4 Å². The van der Waals surface area contributed by atoms with Crippen molar-refractivity contribution in [3.63, 3.8) is 0 Å². The highest BCUT2D eigenvalue weighted by Crippen LogP contribution is 2.26. The molecule has 1 fully saturated rings. The number of nitrogens with one attached hydrogen (secondary N) is 3. The largest absolute Gasteiger partial charge is 0.491 e. The van der Waals surface area contributed by atoms with Crippen molar-refractivity contribution in [2.24, 2.45) is 0 Å². The predicted octanol–water partition coefficient (Wildman–Crippen LogP) is 2.05. The molecule has 1 saturated heterocycles. The van der Waals surface area contributed by atoms with Gasteiger partial charge in [-0.1, -0.05) is 18.2 Å². The van der Waals surface area contributed by atoms with Crippen LogP contribution in [0.5, 0.6) is 5.75 Å². The van der Waals surface area contributed by atoms with E-state index in [9.17, 15) is 23.6 Å². The summed E-state index contributed by atoms with van der Waals surface area (Å²) in [6, 6.07) is 13.1. The number of nitrogens with zero attached hydrogens (tertiary/aromatic N) is 3. The molecule has 2 aliphatic heterocycles. The Bertz CT molecular complexity index is 1500.